The first-order valence-corrected chi connectivity index (χ1v) is 8.79. The Morgan fingerprint density at radius 1 is 1.29 bits per heavy atom. The fourth-order valence-corrected chi connectivity index (χ4v) is 3.61. The first-order valence-electron chi connectivity index (χ1n) is 8.79. The third-order valence-electron chi connectivity index (χ3n) is 5.02. The molecule has 1 aliphatic heterocycles. The molecule has 1 aromatic heterocycles. The van der Waals surface area contributed by atoms with Crippen LogP contribution in [0.2, 0.25) is 0 Å². The maximum atomic E-state index is 11.5. The summed E-state index contributed by atoms with van der Waals surface area (Å²) < 4.78 is 0. The zero-order valence-corrected chi connectivity index (χ0v) is 14.8. The molecule has 0 bridgehead atoms. The maximum absolute atomic E-state index is 11.5. The van der Waals surface area contributed by atoms with E-state index in [0.29, 0.717) is 5.56 Å². The predicted molar refractivity (Wildman–Crippen MR) is 97.1 cm³/mol. The molecule has 0 spiro atoms. The lowest BCUT2D eigenvalue weighted by Gasteiger charge is -2.27. The van der Waals surface area contributed by atoms with Crippen LogP contribution in [0.1, 0.15) is 46.9 Å². The number of carboxylic acids is 1. The first kappa shape index (κ1) is 17.0. The monoisotopic (exact) mass is 329 g/mol. The van der Waals surface area contributed by atoms with E-state index in [0.717, 1.165) is 61.3 Å². The van der Waals surface area contributed by atoms with Crippen molar-refractivity contribution in [2.24, 2.45) is 0 Å². The molecular weight excluding hydrogens is 302 g/mol. The number of aromatic amines is 1. The Bertz CT molecular complexity index is 743. The van der Waals surface area contributed by atoms with Crippen LogP contribution in [0.15, 0.2) is 12.1 Å². The van der Waals surface area contributed by atoms with Crippen molar-refractivity contribution in [1.29, 1.82) is 0 Å². The molecule has 1 fully saturated rings. The van der Waals surface area contributed by atoms with Crippen molar-refractivity contribution < 1.29 is 9.90 Å². The van der Waals surface area contributed by atoms with Crippen molar-refractivity contribution in [2.45, 2.75) is 33.1 Å². The smallest absolute Gasteiger partial charge is 0.335 e. The standard InChI is InChI=1S/C19H27N3O2/c1-12(2)16-10-14(19(23)24)11-17-15(13(3)21-18(16)17)4-7-22-8-5-20-6-9-22/h10-12,20-21H,4-9H2,1-3H3,(H,23,24). The number of nitrogens with one attached hydrogen (secondary N) is 2. The van der Waals surface area contributed by atoms with Gasteiger partial charge in [-0.15, -0.1) is 0 Å². The number of hydrogen-bond acceptors (Lipinski definition) is 3. The lowest BCUT2D eigenvalue weighted by molar-refractivity contribution is 0.0697. The van der Waals surface area contributed by atoms with Gasteiger partial charge in [0.25, 0.3) is 0 Å². The van der Waals surface area contributed by atoms with Gasteiger partial charge in [0, 0.05) is 49.3 Å². The molecule has 2 heterocycles. The van der Waals surface area contributed by atoms with Gasteiger partial charge in [-0.3, -0.25) is 0 Å². The Kier molecular flexibility index (Phi) is 4.92. The fraction of sp³-hybridized carbons (Fsp3) is 0.526. The van der Waals surface area contributed by atoms with Crippen LogP contribution in [0.3, 0.4) is 0 Å². The van der Waals surface area contributed by atoms with E-state index in [2.05, 4.69) is 36.0 Å². The van der Waals surface area contributed by atoms with Gasteiger partial charge < -0.3 is 20.3 Å². The summed E-state index contributed by atoms with van der Waals surface area (Å²) in [7, 11) is 0. The number of aryl methyl sites for hydroxylation is 1. The van der Waals surface area contributed by atoms with Crippen LogP contribution in [-0.4, -0.2) is 53.7 Å². The minimum Gasteiger partial charge on any atom is -0.478 e. The van der Waals surface area contributed by atoms with Crippen molar-refractivity contribution in [1.82, 2.24) is 15.2 Å². The van der Waals surface area contributed by atoms with Gasteiger partial charge in [-0.05, 0) is 42.5 Å². The van der Waals surface area contributed by atoms with E-state index in [-0.39, 0.29) is 5.92 Å². The highest BCUT2D eigenvalue weighted by Gasteiger charge is 2.18. The number of benzene rings is 1. The second-order valence-corrected chi connectivity index (χ2v) is 7.02. The molecule has 5 nitrogen and oxygen atoms in total. The van der Waals surface area contributed by atoms with E-state index in [1.807, 2.05) is 12.1 Å². The Morgan fingerprint density at radius 3 is 2.62 bits per heavy atom. The number of hydrogen-bond donors (Lipinski definition) is 3. The number of fused-ring (bicyclic) bond motifs is 1. The molecule has 3 rings (SSSR count). The van der Waals surface area contributed by atoms with Gasteiger partial charge in [0.1, 0.15) is 0 Å². The second-order valence-electron chi connectivity index (χ2n) is 7.02. The highest BCUT2D eigenvalue weighted by atomic mass is 16.4. The van der Waals surface area contributed by atoms with Crippen molar-refractivity contribution >= 4 is 16.9 Å². The molecule has 2 aromatic rings. The fourth-order valence-electron chi connectivity index (χ4n) is 3.61. The van der Waals surface area contributed by atoms with Gasteiger partial charge in [-0.25, -0.2) is 4.79 Å². The van der Waals surface area contributed by atoms with Gasteiger partial charge >= 0.3 is 5.97 Å². The molecule has 24 heavy (non-hydrogen) atoms. The van der Waals surface area contributed by atoms with Crippen molar-refractivity contribution in [3.8, 4) is 0 Å². The van der Waals surface area contributed by atoms with Crippen LogP contribution in [0, 0.1) is 6.92 Å². The highest BCUT2D eigenvalue weighted by molar-refractivity contribution is 5.97. The Morgan fingerprint density at radius 2 is 2.00 bits per heavy atom. The molecule has 1 aromatic carbocycles. The number of nitrogens with zero attached hydrogens (tertiary/aromatic N) is 1. The molecule has 5 heteroatoms. The van der Waals surface area contributed by atoms with Gasteiger partial charge in [0.15, 0.2) is 0 Å². The summed E-state index contributed by atoms with van der Waals surface area (Å²) in [5.74, 6) is -0.573. The first-order chi connectivity index (χ1) is 11.5. The van der Waals surface area contributed by atoms with E-state index < -0.39 is 5.97 Å². The van der Waals surface area contributed by atoms with Crippen LogP contribution in [0.4, 0.5) is 0 Å². The predicted octanol–water partition coefficient (Wildman–Crippen LogP) is 2.75. The minimum atomic E-state index is -0.856. The van der Waals surface area contributed by atoms with Crippen LogP contribution >= 0.6 is 0 Å². The SMILES string of the molecule is Cc1[nH]c2c(C(C)C)cc(C(=O)O)cc2c1CCN1CCNCC1. The summed E-state index contributed by atoms with van der Waals surface area (Å²) in [6.07, 6.45) is 0.951. The van der Waals surface area contributed by atoms with Gasteiger partial charge in [-0.2, -0.15) is 0 Å². The third-order valence-corrected chi connectivity index (χ3v) is 5.02. The third kappa shape index (κ3) is 3.32. The number of H-pyrrole nitrogens is 1. The second kappa shape index (κ2) is 6.95. The zero-order valence-electron chi connectivity index (χ0n) is 14.8. The summed E-state index contributed by atoms with van der Waals surface area (Å²) in [4.78, 5) is 17.5. The average molecular weight is 329 g/mol. The maximum Gasteiger partial charge on any atom is 0.335 e. The quantitative estimate of drug-likeness (QED) is 0.789. The van der Waals surface area contributed by atoms with Crippen LogP contribution in [0.5, 0.6) is 0 Å². The van der Waals surface area contributed by atoms with Gasteiger partial charge in [0.2, 0.25) is 0 Å². The van der Waals surface area contributed by atoms with E-state index in [1.54, 1.807) is 0 Å². The Hall–Kier alpha value is -1.85. The zero-order chi connectivity index (χ0) is 17.3. The summed E-state index contributed by atoms with van der Waals surface area (Å²) in [5.41, 5.74) is 4.98. The Labute approximate surface area is 143 Å². The van der Waals surface area contributed by atoms with Crippen LogP contribution < -0.4 is 5.32 Å². The van der Waals surface area contributed by atoms with Crippen molar-refractivity contribution in [3.63, 3.8) is 0 Å². The van der Waals surface area contributed by atoms with E-state index in [1.165, 1.54) is 5.56 Å². The number of rotatable bonds is 5. The molecule has 130 valence electrons. The Balaban J connectivity index is 1.97. The largest absolute Gasteiger partial charge is 0.478 e. The number of carboxylic acid groups (broad SMARTS) is 1. The lowest BCUT2D eigenvalue weighted by atomic mass is 9.95. The number of piperazine rings is 1. The summed E-state index contributed by atoms with van der Waals surface area (Å²) in [6.45, 7) is 11.6. The number of carbonyl (C=O) groups is 1. The van der Waals surface area contributed by atoms with E-state index in [9.17, 15) is 9.90 Å². The highest BCUT2D eigenvalue weighted by Crippen LogP contribution is 2.31. The summed E-state index contributed by atoms with van der Waals surface area (Å²) in [5, 5.41) is 13.9. The van der Waals surface area contributed by atoms with Crippen LogP contribution in [0.25, 0.3) is 10.9 Å². The summed E-state index contributed by atoms with van der Waals surface area (Å²) in [6, 6.07) is 3.64. The number of aromatic carboxylic acids is 1. The molecule has 0 unspecified atom stereocenters. The molecule has 0 saturated carbocycles. The molecule has 3 N–H and O–H groups in total. The minimum absolute atomic E-state index is 0.283. The summed E-state index contributed by atoms with van der Waals surface area (Å²) >= 11 is 0. The molecular formula is C19H27N3O2. The molecule has 1 saturated heterocycles. The molecule has 0 amide bonds. The average Bonchev–Trinajstić information content (AvgIpc) is 2.88. The molecule has 0 aliphatic carbocycles. The molecule has 0 radical (unpaired) electrons. The van der Waals surface area contributed by atoms with E-state index >= 15 is 0 Å². The lowest BCUT2D eigenvalue weighted by Crippen LogP contribution is -2.44. The van der Waals surface area contributed by atoms with Gasteiger partial charge in [0.05, 0.1) is 5.56 Å². The van der Waals surface area contributed by atoms with Crippen molar-refractivity contribution in [2.75, 3.05) is 32.7 Å². The van der Waals surface area contributed by atoms with Crippen LogP contribution in [-0.2, 0) is 6.42 Å². The number of aromatic nitrogens is 1. The van der Waals surface area contributed by atoms with Crippen molar-refractivity contribution in [3.05, 3.63) is 34.5 Å². The van der Waals surface area contributed by atoms with Gasteiger partial charge in [-0.1, -0.05) is 13.8 Å². The molecule has 0 atom stereocenters. The van der Waals surface area contributed by atoms with E-state index in [4.69, 9.17) is 0 Å². The normalized spacial score (nSPS) is 16.2. The topological polar surface area (TPSA) is 68.4 Å². The molecule has 1 aliphatic rings.